The zero-order valence-electron chi connectivity index (χ0n) is 22.4. The van der Waals surface area contributed by atoms with Gasteiger partial charge in [0.15, 0.2) is 23.0 Å². The van der Waals surface area contributed by atoms with Gasteiger partial charge in [-0.1, -0.05) is 18.9 Å². The zero-order valence-corrected chi connectivity index (χ0v) is 22.4. The van der Waals surface area contributed by atoms with Crippen LogP contribution in [-0.2, 0) is 16.0 Å². The first-order valence-corrected chi connectivity index (χ1v) is 12.8. The second-order valence-corrected chi connectivity index (χ2v) is 10.0. The van der Waals surface area contributed by atoms with Crippen LogP contribution in [0.1, 0.15) is 49.3 Å². The average molecular weight is 515 g/mol. The highest BCUT2D eigenvalue weighted by Gasteiger charge is 2.49. The van der Waals surface area contributed by atoms with Crippen LogP contribution >= 0.6 is 0 Å². The summed E-state index contributed by atoms with van der Waals surface area (Å²) in [6.07, 6.45) is 4.27. The van der Waals surface area contributed by atoms with Crippen molar-refractivity contribution < 1.29 is 38.3 Å². The highest BCUT2D eigenvalue weighted by Crippen LogP contribution is 2.53. The molecule has 0 bridgehead atoms. The second-order valence-electron chi connectivity index (χ2n) is 10.0. The molecule has 1 N–H and O–H groups in total. The molecule has 8 nitrogen and oxygen atoms in total. The van der Waals surface area contributed by atoms with Crippen molar-refractivity contribution in [2.45, 2.75) is 44.6 Å². The van der Waals surface area contributed by atoms with Crippen molar-refractivity contribution in [2.75, 3.05) is 42.2 Å². The second kappa shape index (κ2) is 11.5. The van der Waals surface area contributed by atoms with Gasteiger partial charge in [0.1, 0.15) is 0 Å². The Morgan fingerprint density at radius 2 is 1.51 bits per heavy atom. The van der Waals surface area contributed by atoms with Crippen molar-refractivity contribution in [3.05, 3.63) is 41.5 Å². The summed E-state index contributed by atoms with van der Waals surface area (Å²) >= 11 is 0. The summed E-state index contributed by atoms with van der Waals surface area (Å²) in [6, 6.07) is 9.77. The third-order valence-corrected chi connectivity index (χ3v) is 8.09. The van der Waals surface area contributed by atoms with E-state index in [2.05, 4.69) is 0 Å². The lowest BCUT2D eigenvalue weighted by Crippen LogP contribution is -2.33. The van der Waals surface area contributed by atoms with Gasteiger partial charge in [-0.05, 0) is 72.9 Å². The predicted octanol–water partition coefficient (Wildman–Crippen LogP) is 5.31. The summed E-state index contributed by atoms with van der Waals surface area (Å²) in [4.78, 5) is 12.5. The van der Waals surface area contributed by atoms with Crippen LogP contribution in [0.3, 0.4) is 0 Å². The van der Waals surface area contributed by atoms with Crippen LogP contribution in [0.2, 0.25) is 0 Å². The number of hydrogen-bond acceptors (Lipinski definition) is 7. The average Bonchev–Trinajstić information content (AvgIpc) is 3.56. The molecule has 2 aromatic carbocycles. The number of aliphatic carboxylic acids is 1. The predicted molar refractivity (Wildman–Crippen MR) is 138 cm³/mol. The molecule has 1 saturated heterocycles. The van der Waals surface area contributed by atoms with Gasteiger partial charge in [-0.3, -0.25) is 4.79 Å². The normalized spacial score (nSPS) is 22.5. The first-order valence-electron chi connectivity index (χ1n) is 12.8. The van der Waals surface area contributed by atoms with Gasteiger partial charge in [0.05, 0.1) is 53.7 Å². The maximum atomic E-state index is 12.5. The molecule has 0 radical (unpaired) electrons. The third-order valence-electron chi connectivity index (χ3n) is 8.09. The molecule has 2 fully saturated rings. The molecule has 0 unspecified atom stereocenters. The van der Waals surface area contributed by atoms with Gasteiger partial charge in [0, 0.05) is 0 Å². The Bertz CT molecular complexity index is 1070. The minimum absolute atomic E-state index is 0.00916. The molecular weight excluding hydrogens is 476 g/mol. The first kappa shape index (κ1) is 26.9. The van der Waals surface area contributed by atoms with E-state index in [0.29, 0.717) is 54.6 Å². The number of ether oxygens (including phenoxy) is 6. The summed E-state index contributed by atoms with van der Waals surface area (Å²) in [5, 5.41) is 10.3. The summed E-state index contributed by atoms with van der Waals surface area (Å²) in [7, 11) is 8.00. The number of rotatable bonds is 11. The van der Waals surface area contributed by atoms with E-state index < -0.39 is 11.4 Å². The fraction of sp³-hybridized carbons (Fsp3) is 0.552. The lowest BCUT2D eigenvalue weighted by molar-refractivity contribution is -0.150. The van der Waals surface area contributed by atoms with Crippen LogP contribution in [0.5, 0.6) is 28.7 Å². The van der Waals surface area contributed by atoms with Gasteiger partial charge in [-0.15, -0.1) is 0 Å². The SMILES string of the molecule is COc1ccc(C[C@H]2CO[C@H](c3cc(OC)c(OC)c(OC)c3)[C@@H]2CC2(C(=O)O)CCCC2)cc1OC. The molecule has 2 aliphatic rings. The summed E-state index contributed by atoms with van der Waals surface area (Å²) < 4.78 is 34.1. The van der Waals surface area contributed by atoms with E-state index in [1.54, 1.807) is 35.5 Å². The van der Waals surface area contributed by atoms with Crippen LogP contribution in [-0.4, -0.2) is 53.2 Å². The fourth-order valence-electron chi connectivity index (χ4n) is 6.13. The lowest BCUT2D eigenvalue weighted by Gasteiger charge is -2.32. The Hall–Kier alpha value is -3.13. The lowest BCUT2D eigenvalue weighted by atomic mass is 9.71. The van der Waals surface area contributed by atoms with Crippen molar-refractivity contribution in [1.29, 1.82) is 0 Å². The van der Waals surface area contributed by atoms with Gasteiger partial charge in [0.2, 0.25) is 5.75 Å². The van der Waals surface area contributed by atoms with Crippen LogP contribution < -0.4 is 23.7 Å². The van der Waals surface area contributed by atoms with Gasteiger partial charge in [-0.2, -0.15) is 0 Å². The Morgan fingerprint density at radius 1 is 0.892 bits per heavy atom. The van der Waals surface area contributed by atoms with Crippen molar-refractivity contribution in [1.82, 2.24) is 0 Å². The van der Waals surface area contributed by atoms with Crippen molar-refractivity contribution in [2.24, 2.45) is 17.3 Å². The molecule has 202 valence electrons. The maximum absolute atomic E-state index is 12.5. The molecule has 4 rings (SSSR count). The van der Waals surface area contributed by atoms with E-state index in [9.17, 15) is 9.90 Å². The van der Waals surface area contributed by atoms with E-state index in [0.717, 1.165) is 30.4 Å². The van der Waals surface area contributed by atoms with E-state index >= 15 is 0 Å². The number of carbonyl (C=O) groups is 1. The van der Waals surface area contributed by atoms with Crippen LogP contribution in [0, 0.1) is 17.3 Å². The van der Waals surface area contributed by atoms with Gasteiger partial charge >= 0.3 is 5.97 Å². The van der Waals surface area contributed by atoms with Crippen molar-refractivity contribution >= 4 is 5.97 Å². The topological polar surface area (TPSA) is 92.7 Å². The number of methoxy groups -OCH3 is 5. The highest BCUT2D eigenvalue weighted by molar-refractivity contribution is 5.75. The van der Waals surface area contributed by atoms with Gasteiger partial charge < -0.3 is 33.5 Å². The maximum Gasteiger partial charge on any atom is 0.309 e. The molecule has 1 aliphatic carbocycles. The highest BCUT2D eigenvalue weighted by atomic mass is 16.5. The number of benzene rings is 2. The van der Waals surface area contributed by atoms with Crippen LogP contribution in [0.4, 0.5) is 0 Å². The van der Waals surface area contributed by atoms with E-state index in [-0.39, 0.29) is 17.9 Å². The quantitative estimate of drug-likeness (QED) is 0.431. The van der Waals surface area contributed by atoms with Crippen LogP contribution in [0.15, 0.2) is 30.3 Å². The molecular formula is C29H38O8. The molecule has 2 aromatic rings. The Morgan fingerprint density at radius 3 is 2.05 bits per heavy atom. The number of carboxylic acid groups (broad SMARTS) is 1. The van der Waals surface area contributed by atoms with Crippen molar-refractivity contribution in [3.8, 4) is 28.7 Å². The fourth-order valence-corrected chi connectivity index (χ4v) is 6.13. The molecule has 0 spiro atoms. The summed E-state index contributed by atoms with van der Waals surface area (Å²) in [5.74, 6) is 2.39. The molecule has 1 saturated carbocycles. The van der Waals surface area contributed by atoms with E-state index in [4.69, 9.17) is 28.4 Å². The monoisotopic (exact) mass is 514 g/mol. The van der Waals surface area contributed by atoms with Gasteiger partial charge in [-0.25, -0.2) is 0 Å². The smallest absolute Gasteiger partial charge is 0.309 e. The molecule has 3 atom stereocenters. The molecule has 37 heavy (non-hydrogen) atoms. The Balaban J connectivity index is 1.71. The standard InChI is InChI=1S/C29H38O8/c1-32-22-9-8-18(13-23(22)33-2)12-20-17-37-26(21(20)16-29(28(30)31)10-6-7-11-29)19-14-24(34-3)27(36-5)25(15-19)35-4/h8-9,13-15,20-21,26H,6-7,10-12,16-17H2,1-5H3,(H,30,31)/t20-,21+,26+/m0/s1. The minimum atomic E-state index is -0.729. The summed E-state index contributed by atoms with van der Waals surface area (Å²) in [5.41, 5.74) is 1.26. The number of hydrogen-bond donors (Lipinski definition) is 1. The van der Waals surface area contributed by atoms with Crippen molar-refractivity contribution in [3.63, 3.8) is 0 Å². The Labute approximate surface area is 218 Å². The first-order chi connectivity index (χ1) is 17.9. The van der Waals surface area contributed by atoms with Gasteiger partial charge in [0.25, 0.3) is 0 Å². The van der Waals surface area contributed by atoms with E-state index in [1.165, 1.54) is 0 Å². The zero-order chi connectivity index (χ0) is 26.6. The Kier molecular flexibility index (Phi) is 8.37. The van der Waals surface area contributed by atoms with Crippen LogP contribution in [0.25, 0.3) is 0 Å². The summed E-state index contributed by atoms with van der Waals surface area (Å²) in [6.45, 7) is 0.524. The number of carboxylic acids is 1. The molecule has 1 heterocycles. The van der Waals surface area contributed by atoms with E-state index in [1.807, 2.05) is 30.3 Å². The largest absolute Gasteiger partial charge is 0.493 e. The molecule has 0 amide bonds. The minimum Gasteiger partial charge on any atom is -0.493 e. The molecule has 1 aliphatic heterocycles. The molecule has 8 heteroatoms. The third kappa shape index (κ3) is 5.30. The molecule has 0 aromatic heterocycles.